The van der Waals surface area contributed by atoms with Crippen LogP contribution in [-0.4, -0.2) is 9.97 Å². The highest BCUT2D eigenvalue weighted by atomic mass is 35.5. The lowest BCUT2D eigenvalue weighted by Gasteiger charge is -2.09. The molecule has 0 fully saturated rings. The van der Waals surface area contributed by atoms with Crippen LogP contribution in [0.2, 0.25) is 5.02 Å². The van der Waals surface area contributed by atoms with Crippen molar-refractivity contribution in [1.29, 1.82) is 0 Å². The standard InChI is InChI=1S/C18H17ClN4/c19-16-9-5-4-8-15(16)13-21-17-10-11-20-18(23-17)22-12-14-6-2-1-3-7-14/h1-11H,12-13H2,(H2,20,21,22,23). The van der Waals surface area contributed by atoms with E-state index in [2.05, 4.69) is 32.7 Å². The molecule has 0 aliphatic rings. The van der Waals surface area contributed by atoms with Gasteiger partial charge >= 0.3 is 0 Å². The summed E-state index contributed by atoms with van der Waals surface area (Å²) in [6.07, 6.45) is 1.73. The fourth-order valence-corrected chi connectivity index (χ4v) is 2.35. The van der Waals surface area contributed by atoms with E-state index in [0.717, 1.165) is 16.4 Å². The Kier molecular flexibility index (Phi) is 5.06. The Morgan fingerprint density at radius 2 is 1.61 bits per heavy atom. The van der Waals surface area contributed by atoms with E-state index in [9.17, 15) is 0 Å². The highest BCUT2D eigenvalue weighted by Crippen LogP contribution is 2.16. The molecule has 0 bridgehead atoms. The van der Waals surface area contributed by atoms with Crippen LogP contribution in [0.5, 0.6) is 0 Å². The SMILES string of the molecule is Clc1ccccc1CNc1ccnc(NCc2ccccc2)n1. The van der Waals surface area contributed by atoms with Gasteiger partial charge in [-0.3, -0.25) is 0 Å². The Morgan fingerprint density at radius 3 is 2.43 bits per heavy atom. The van der Waals surface area contributed by atoms with Crippen LogP contribution < -0.4 is 10.6 Å². The minimum Gasteiger partial charge on any atom is -0.366 e. The molecule has 0 atom stereocenters. The zero-order valence-corrected chi connectivity index (χ0v) is 13.3. The minimum atomic E-state index is 0.595. The second-order valence-electron chi connectivity index (χ2n) is 5.05. The van der Waals surface area contributed by atoms with Crippen LogP contribution in [0.3, 0.4) is 0 Å². The van der Waals surface area contributed by atoms with E-state index in [0.29, 0.717) is 19.0 Å². The van der Waals surface area contributed by atoms with Gasteiger partial charge in [0.05, 0.1) is 0 Å². The molecule has 5 heteroatoms. The predicted molar refractivity (Wildman–Crippen MR) is 94.6 cm³/mol. The number of halogens is 1. The van der Waals surface area contributed by atoms with Crippen LogP contribution >= 0.6 is 11.6 Å². The van der Waals surface area contributed by atoms with Gasteiger partial charge in [0.15, 0.2) is 0 Å². The van der Waals surface area contributed by atoms with E-state index in [1.165, 1.54) is 5.56 Å². The number of hydrogen-bond acceptors (Lipinski definition) is 4. The number of aromatic nitrogens is 2. The molecule has 3 rings (SSSR count). The molecule has 0 unspecified atom stereocenters. The molecule has 0 spiro atoms. The molecule has 2 N–H and O–H groups in total. The molecule has 0 saturated heterocycles. The van der Waals surface area contributed by atoms with Gasteiger partial charge in [0.1, 0.15) is 5.82 Å². The third-order valence-corrected chi connectivity index (χ3v) is 3.74. The molecular formula is C18H17ClN4. The largest absolute Gasteiger partial charge is 0.366 e. The van der Waals surface area contributed by atoms with Crippen molar-refractivity contribution in [3.05, 3.63) is 83.0 Å². The summed E-state index contributed by atoms with van der Waals surface area (Å²) in [5, 5.41) is 7.23. The lowest BCUT2D eigenvalue weighted by Crippen LogP contribution is -2.07. The topological polar surface area (TPSA) is 49.8 Å². The third kappa shape index (κ3) is 4.44. The Morgan fingerprint density at radius 1 is 0.826 bits per heavy atom. The summed E-state index contributed by atoms with van der Waals surface area (Å²) in [7, 11) is 0. The number of nitrogens with zero attached hydrogens (tertiary/aromatic N) is 2. The smallest absolute Gasteiger partial charge is 0.224 e. The maximum atomic E-state index is 6.15. The predicted octanol–water partition coefficient (Wildman–Crippen LogP) is 4.35. The number of anilines is 2. The maximum Gasteiger partial charge on any atom is 0.224 e. The highest BCUT2D eigenvalue weighted by Gasteiger charge is 2.02. The molecule has 0 radical (unpaired) electrons. The molecular weight excluding hydrogens is 308 g/mol. The molecule has 2 aromatic carbocycles. The summed E-state index contributed by atoms with van der Waals surface area (Å²) in [6, 6.07) is 19.7. The van der Waals surface area contributed by atoms with Crippen LogP contribution in [0.1, 0.15) is 11.1 Å². The van der Waals surface area contributed by atoms with Crippen molar-refractivity contribution in [3.63, 3.8) is 0 Å². The van der Waals surface area contributed by atoms with Crippen molar-refractivity contribution < 1.29 is 0 Å². The lowest BCUT2D eigenvalue weighted by atomic mass is 10.2. The van der Waals surface area contributed by atoms with E-state index < -0.39 is 0 Å². The van der Waals surface area contributed by atoms with Crippen LogP contribution in [0.15, 0.2) is 66.9 Å². The van der Waals surface area contributed by atoms with Crippen molar-refractivity contribution in [3.8, 4) is 0 Å². The molecule has 23 heavy (non-hydrogen) atoms. The van der Waals surface area contributed by atoms with Gasteiger partial charge in [0.25, 0.3) is 0 Å². The molecule has 4 nitrogen and oxygen atoms in total. The minimum absolute atomic E-state index is 0.595. The van der Waals surface area contributed by atoms with Crippen molar-refractivity contribution in [2.24, 2.45) is 0 Å². The summed E-state index contributed by atoms with van der Waals surface area (Å²) in [6.45, 7) is 1.31. The zero-order chi connectivity index (χ0) is 15.9. The van der Waals surface area contributed by atoms with E-state index in [-0.39, 0.29) is 0 Å². The molecule has 0 saturated carbocycles. The van der Waals surface area contributed by atoms with Crippen molar-refractivity contribution >= 4 is 23.4 Å². The molecule has 0 aliphatic heterocycles. The first-order valence-corrected chi connectivity index (χ1v) is 7.77. The normalized spacial score (nSPS) is 10.3. The Balaban J connectivity index is 1.60. The number of rotatable bonds is 6. The van der Waals surface area contributed by atoms with Crippen molar-refractivity contribution in [1.82, 2.24) is 9.97 Å². The fraction of sp³-hybridized carbons (Fsp3) is 0.111. The molecule has 1 heterocycles. The molecule has 1 aromatic heterocycles. The van der Waals surface area contributed by atoms with E-state index in [1.54, 1.807) is 6.20 Å². The molecule has 0 aliphatic carbocycles. The zero-order valence-electron chi connectivity index (χ0n) is 12.5. The number of benzene rings is 2. The monoisotopic (exact) mass is 324 g/mol. The molecule has 0 amide bonds. The van der Waals surface area contributed by atoms with Gasteiger partial charge < -0.3 is 10.6 Å². The fourth-order valence-electron chi connectivity index (χ4n) is 2.15. The van der Waals surface area contributed by atoms with E-state index in [4.69, 9.17) is 11.6 Å². The summed E-state index contributed by atoms with van der Waals surface area (Å²) < 4.78 is 0. The van der Waals surface area contributed by atoms with Gasteiger partial charge in [-0.1, -0.05) is 60.1 Å². The first-order chi connectivity index (χ1) is 11.3. The number of hydrogen-bond donors (Lipinski definition) is 2. The second-order valence-corrected chi connectivity index (χ2v) is 5.46. The summed E-state index contributed by atoms with van der Waals surface area (Å²) in [4.78, 5) is 8.69. The first-order valence-electron chi connectivity index (χ1n) is 7.39. The molecule has 3 aromatic rings. The average Bonchev–Trinajstić information content (AvgIpc) is 2.61. The Labute approximate surface area is 140 Å². The quantitative estimate of drug-likeness (QED) is 0.707. The van der Waals surface area contributed by atoms with Gasteiger partial charge in [-0.25, -0.2) is 4.98 Å². The van der Waals surface area contributed by atoms with Crippen LogP contribution in [0.4, 0.5) is 11.8 Å². The summed E-state index contributed by atoms with van der Waals surface area (Å²) >= 11 is 6.15. The highest BCUT2D eigenvalue weighted by molar-refractivity contribution is 6.31. The maximum absolute atomic E-state index is 6.15. The van der Waals surface area contributed by atoms with Gasteiger partial charge in [-0.05, 0) is 23.3 Å². The molecule has 116 valence electrons. The van der Waals surface area contributed by atoms with Gasteiger partial charge in [-0.15, -0.1) is 0 Å². The van der Waals surface area contributed by atoms with E-state index >= 15 is 0 Å². The van der Waals surface area contributed by atoms with Gasteiger partial charge in [0.2, 0.25) is 5.95 Å². The first kappa shape index (κ1) is 15.3. The Bertz CT molecular complexity index is 762. The second kappa shape index (κ2) is 7.61. The average molecular weight is 325 g/mol. The van der Waals surface area contributed by atoms with Gasteiger partial charge in [-0.2, -0.15) is 4.98 Å². The van der Waals surface area contributed by atoms with Crippen LogP contribution in [0, 0.1) is 0 Å². The number of nitrogens with one attached hydrogen (secondary N) is 2. The van der Waals surface area contributed by atoms with E-state index in [1.807, 2.05) is 48.5 Å². The summed E-state index contributed by atoms with van der Waals surface area (Å²) in [5.74, 6) is 1.36. The summed E-state index contributed by atoms with van der Waals surface area (Å²) in [5.41, 5.74) is 2.22. The van der Waals surface area contributed by atoms with Gasteiger partial charge in [0, 0.05) is 24.3 Å². The lowest BCUT2D eigenvalue weighted by molar-refractivity contribution is 1.03. The van der Waals surface area contributed by atoms with Crippen LogP contribution in [0.25, 0.3) is 0 Å². The van der Waals surface area contributed by atoms with Crippen LogP contribution in [-0.2, 0) is 13.1 Å². The Hall–Kier alpha value is -2.59. The van der Waals surface area contributed by atoms with Crippen molar-refractivity contribution in [2.75, 3.05) is 10.6 Å². The third-order valence-electron chi connectivity index (χ3n) is 3.37. The van der Waals surface area contributed by atoms with Crippen molar-refractivity contribution in [2.45, 2.75) is 13.1 Å².